The van der Waals surface area contributed by atoms with Crippen LogP contribution in [0.25, 0.3) is 6.08 Å². The first-order valence-electron chi connectivity index (χ1n) is 9.56. The number of carbonyl (C=O) groups is 1. The van der Waals surface area contributed by atoms with Gasteiger partial charge in [-0.05, 0) is 31.7 Å². The summed E-state index contributed by atoms with van der Waals surface area (Å²) in [5.41, 5.74) is 2.47. The van der Waals surface area contributed by atoms with Crippen molar-refractivity contribution in [3.63, 3.8) is 0 Å². The van der Waals surface area contributed by atoms with Crippen LogP contribution in [0.2, 0.25) is 0 Å². The van der Waals surface area contributed by atoms with E-state index in [2.05, 4.69) is 30.0 Å². The van der Waals surface area contributed by atoms with Crippen LogP contribution >= 0.6 is 0 Å². The molecule has 5 nitrogen and oxygen atoms in total. The summed E-state index contributed by atoms with van der Waals surface area (Å²) in [6, 6.07) is 10.5. The first kappa shape index (κ1) is 18.9. The summed E-state index contributed by atoms with van der Waals surface area (Å²) in [5, 5.41) is 9.81. The summed E-state index contributed by atoms with van der Waals surface area (Å²) in [7, 11) is 1.72. The number of ether oxygens (including phenoxy) is 1. The van der Waals surface area contributed by atoms with Gasteiger partial charge >= 0.3 is 6.09 Å². The van der Waals surface area contributed by atoms with E-state index in [-0.39, 0.29) is 12.1 Å². The molecule has 2 atom stereocenters. The predicted octanol–water partition coefficient (Wildman–Crippen LogP) is 3.57. The number of likely N-dealkylation sites (tertiary alicyclic amines) is 1. The number of nitrogens with zero attached hydrogens (tertiary/aromatic N) is 2. The normalized spacial score (nSPS) is 24.5. The maximum Gasteiger partial charge on any atom is 0.407 e. The van der Waals surface area contributed by atoms with Crippen LogP contribution in [-0.2, 0) is 4.74 Å². The van der Waals surface area contributed by atoms with Crippen molar-refractivity contribution in [3.05, 3.63) is 41.5 Å². The van der Waals surface area contributed by atoms with E-state index < -0.39 is 6.09 Å². The quantitative estimate of drug-likeness (QED) is 0.810. The molecule has 2 fully saturated rings. The molecule has 1 aromatic carbocycles. The summed E-state index contributed by atoms with van der Waals surface area (Å²) >= 11 is 0. The van der Waals surface area contributed by atoms with Gasteiger partial charge in [-0.2, -0.15) is 0 Å². The fourth-order valence-electron chi connectivity index (χ4n) is 4.11. The molecule has 1 heterocycles. The van der Waals surface area contributed by atoms with Crippen molar-refractivity contribution < 1.29 is 14.6 Å². The molecule has 1 amide bonds. The maximum atomic E-state index is 11.9. The second kappa shape index (κ2) is 8.69. The van der Waals surface area contributed by atoms with Crippen molar-refractivity contribution in [1.82, 2.24) is 9.80 Å². The van der Waals surface area contributed by atoms with Gasteiger partial charge in [0.05, 0.1) is 6.61 Å². The van der Waals surface area contributed by atoms with Crippen LogP contribution in [-0.4, -0.2) is 66.4 Å². The molecule has 0 bridgehead atoms. The molecule has 1 N–H and O–H groups in total. The average molecular weight is 358 g/mol. The Labute approximate surface area is 156 Å². The number of methoxy groups -OCH3 is 1. The molecule has 1 saturated carbocycles. The minimum absolute atomic E-state index is 0.142. The zero-order valence-electron chi connectivity index (χ0n) is 15.8. The van der Waals surface area contributed by atoms with Crippen molar-refractivity contribution in [2.45, 2.75) is 38.3 Å². The lowest BCUT2D eigenvalue weighted by Crippen LogP contribution is -2.48. The number of carboxylic acid groups (broad SMARTS) is 1. The fraction of sp³-hybridized carbons (Fsp3) is 0.571. The highest BCUT2D eigenvalue weighted by Gasteiger charge is 2.47. The second-order valence-corrected chi connectivity index (χ2v) is 7.46. The third-order valence-electron chi connectivity index (χ3n) is 5.68. The first-order valence-corrected chi connectivity index (χ1v) is 9.56. The van der Waals surface area contributed by atoms with Gasteiger partial charge in [-0.3, -0.25) is 0 Å². The second-order valence-electron chi connectivity index (χ2n) is 7.46. The number of rotatable bonds is 7. The topological polar surface area (TPSA) is 53.0 Å². The Morgan fingerprint density at radius 1 is 1.31 bits per heavy atom. The maximum absolute atomic E-state index is 11.9. The lowest BCUT2D eigenvalue weighted by Gasteiger charge is -2.37. The zero-order chi connectivity index (χ0) is 18.5. The SMILES string of the molecule is COCCN1CCC(N(C(=O)O)C2CC2/C(C)=C/c2ccccc2)CC1. The van der Waals surface area contributed by atoms with Crippen LogP contribution in [0, 0.1) is 5.92 Å². The van der Waals surface area contributed by atoms with Crippen LogP contribution in [0.3, 0.4) is 0 Å². The molecule has 1 aliphatic carbocycles. The molecule has 142 valence electrons. The molecule has 3 rings (SSSR count). The van der Waals surface area contributed by atoms with E-state index >= 15 is 0 Å². The number of hydrogen-bond acceptors (Lipinski definition) is 3. The van der Waals surface area contributed by atoms with E-state index in [1.165, 1.54) is 11.1 Å². The number of benzene rings is 1. The van der Waals surface area contributed by atoms with Gasteiger partial charge < -0.3 is 19.6 Å². The Morgan fingerprint density at radius 3 is 2.62 bits per heavy atom. The first-order chi connectivity index (χ1) is 12.6. The van der Waals surface area contributed by atoms with Crippen molar-refractivity contribution in [1.29, 1.82) is 0 Å². The van der Waals surface area contributed by atoms with Crippen LogP contribution in [0.1, 0.15) is 31.7 Å². The summed E-state index contributed by atoms with van der Waals surface area (Å²) in [4.78, 5) is 16.0. The highest BCUT2D eigenvalue weighted by molar-refractivity contribution is 5.67. The van der Waals surface area contributed by atoms with Gasteiger partial charge in [0, 0.05) is 44.7 Å². The summed E-state index contributed by atoms with van der Waals surface area (Å²) < 4.78 is 5.14. The number of piperidine rings is 1. The van der Waals surface area contributed by atoms with Crippen molar-refractivity contribution in [3.8, 4) is 0 Å². The zero-order valence-corrected chi connectivity index (χ0v) is 15.8. The molecule has 1 aliphatic heterocycles. The largest absolute Gasteiger partial charge is 0.465 e. The molecule has 26 heavy (non-hydrogen) atoms. The van der Waals surface area contributed by atoms with Crippen LogP contribution in [0.15, 0.2) is 35.9 Å². The standard InChI is InChI=1S/C21H30N2O3/c1-16(14-17-6-4-3-5-7-17)19-15-20(19)23(21(24)25)18-8-10-22(11-9-18)12-13-26-2/h3-7,14,18-20H,8-13,15H2,1-2H3,(H,24,25)/b16-14+. The summed E-state index contributed by atoms with van der Waals surface area (Å²) in [6.45, 7) is 5.70. The smallest absolute Gasteiger partial charge is 0.407 e. The van der Waals surface area contributed by atoms with Crippen LogP contribution in [0.4, 0.5) is 4.79 Å². The van der Waals surface area contributed by atoms with E-state index in [0.717, 1.165) is 45.5 Å². The van der Waals surface area contributed by atoms with Gasteiger partial charge in [0.1, 0.15) is 0 Å². The Morgan fingerprint density at radius 2 is 2.00 bits per heavy atom. The van der Waals surface area contributed by atoms with Gasteiger partial charge in [0.25, 0.3) is 0 Å². The highest BCUT2D eigenvalue weighted by atomic mass is 16.5. The Balaban J connectivity index is 1.58. The third kappa shape index (κ3) is 4.65. The van der Waals surface area contributed by atoms with Crippen LogP contribution < -0.4 is 0 Å². The van der Waals surface area contributed by atoms with Gasteiger partial charge in [-0.15, -0.1) is 0 Å². The van der Waals surface area contributed by atoms with E-state index in [1.54, 1.807) is 12.0 Å². The van der Waals surface area contributed by atoms with Crippen LogP contribution in [0.5, 0.6) is 0 Å². The van der Waals surface area contributed by atoms with Gasteiger partial charge in [-0.1, -0.05) is 42.0 Å². The number of amides is 1. The molecule has 1 saturated heterocycles. The minimum atomic E-state index is -0.764. The van der Waals surface area contributed by atoms with Gasteiger partial charge in [0.2, 0.25) is 0 Å². The van der Waals surface area contributed by atoms with Crippen molar-refractivity contribution >= 4 is 12.2 Å². The fourth-order valence-corrected chi connectivity index (χ4v) is 4.11. The van der Waals surface area contributed by atoms with E-state index in [0.29, 0.717) is 5.92 Å². The molecule has 0 radical (unpaired) electrons. The third-order valence-corrected chi connectivity index (χ3v) is 5.68. The molecular formula is C21H30N2O3. The van der Waals surface area contributed by atoms with Gasteiger partial charge in [-0.25, -0.2) is 4.79 Å². The van der Waals surface area contributed by atoms with Crippen molar-refractivity contribution in [2.75, 3.05) is 33.4 Å². The van der Waals surface area contributed by atoms with E-state index in [1.807, 2.05) is 18.2 Å². The highest BCUT2D eigenvalue weighted by Crippen LogP contribution is 2.44. The molecule has 2 unspecified atom stereocenters. The predicted molar refractivity (Wildman–Crippen MR) is 103 cm³/mol. The molecule has 0 aromatic heterocycles. The number of hydrogen-bond donors (Lipinski definition) is 1. The lowest BCUT2D eigenvalue weighted by atomic mass is 10.0. The monoisotopic (exact) mass is 358 g/mol. The molecule has 2 aliphatic rings. The Bertz CT molecular complexity index is 623. The molecular weight excluding hydrogens is 328 g/mol. The van der Waals surface area contributed by atoms with Crippen molar-refractivity contribution in [2.24, 2.45) is 5.92 Å². The van der Waals surface area contributed by atoms with E-state index in [4.69, 9.17) is 4.74 Å². The Kier molecular flexibility index (Phi) is 6.33. The molecule has 0 spiro atoms. The lowest BCUT2D eigenvalue weighted by molar-refractivity contribution is 0.0738. The Hall–Kier alpha value is -1.85. The molecule has 1 aromatic rings. The average Bonchev–Trinajstić information content (AvgIpc) is 3.42. The minimum Gasteiger partial charge on any atom is -0.465 e. The molecule has 5 heteroatoms. The van der Waals surface area contributed by atoms with Gasteiger partial charge in [0.15, 0.2) is 0 Å². The summed E-state index contributed by atoms with van der Waals surface area (Å²) in [6.07, 6.45) is 4.21. The summed E-state index contributed by atoms with van der Waals surface area (Å²) in [5.74, 6) is 0.359. The van der Waals surface area contributed by atoms with E-state index in [9.17, 15) is 9.90 Å².